The number of esters is 2. The van der Waals surface area contributed by atoms with E-state index in [0.717, 1.165) is 11.3 Å². The van der Waals surface area contributed by atoms with Gasteiger partial charge in [-0.1, -0.05) is 121 Å². The Morgan fingerprint density at radius 1 is 0.468 bits per heavy atom. The number of hydrogen-bond donors (Lipinski definition) is 0. The van der Waals surface area contributed by atoms with Crippen molar-refractivity contribution in [1.29, 1.82) is 0 Å². The third-order valence-electron chi connectivity index (χ3n) is 7.12. The van der Waals surface area contributed by atoms with Gasteiger partial charge in [0.1, 0.15) is 11.8 Å². The molecule has 0 unspecified atom stereocenters. The minimum Gasteiger partial charge on any atom is -0.465 e. The van der Waals surface area contributed by atoms with E-state index in [-0.39, 0.29) is 29.0 Å². The zero-order valence-electron chi connectivity index (χ0n) is 26.3. The molecule has 238 valence electrons. The summed E-state index contributed by atoms with van der Waals surface area (Å²) in [5, 5.41) is 4.91. The van der Waals surface area contributed by atoms with Gasteiger partial charge in [0.05, 0.1) is 13.2 Å². The molecule has 0 N–H and O–H groups in total. The van der Waals surface area contributed by atoms with Crippen molar-refractivity contribution in [3.05, 3.63) is 183 Å². The largest absolute Gasteiger partial charge is 0.465 e. The van der Waals surface area contributed by atoms with Crippen LogP contribution in [0.25, 0.3) is 0 Å². The Morgan fingerprint density at radius 2 is 0.745 bits per heavy atom. The molecule has 0 atom stereocenters. The van der Waals surface area contributed by atoms with E-state index in [4.69, 9.17) is 9.47 Å². The molecule has 0 heterocycles. The summed E-state index contributed by atoms with van der Waals surface area (Å²) in [6.45, 7) is 4.44. The number of rotatable bonds is 10. The smallest absolute Gasteiger partial charge is 0.314 e. The Bertz CT molecular complexity index is 1300. The summed E-state index contributed by atoms with van der Waals surface area (Å²) >= 11 is 0. The summed E-state index contributed by atoms with van der Waals surface area (Å²) in [4.78, 5) is 24.6. The van der Waals surface area contributed by atoms with Gasteiger partial charge >= 0.3 is 11.9 Å². The molecule has 0 aromatic heterocycles. The Balaban J connectivity index is 0.000000208. The third-order valence-corrected chi connectivity index (χ3v) is 12.1. The summed E-state index contributed by atoms with van der Waals surface area (Å²) < 4.78 is 10.4. The first-order chi connectivity index (χ1) is 22.6. The second-order valence-electron chi connectivity index (χ2n) is 10.1. The SMILES string of the molecule is CCOC(=O)[C]1[CH][CH][CH][C]1P(c1ccccc1)c1ccccc1.CCOC(=O)[C]1[CH][CH][CH][C]1P(c1ccccc1)c1ccccc1.[Fe]. The molecule has 0 amide bonds. The van der Waals surface area contributed by atoms with Gasteiger partial charge in [-0.2, -0.15) is 0 Å². The summed E-state index contributed by atoms with van der Waals surface area (Å²) in [5.74, 6) is 0.857. The zero-order chi connectivity index (χ0) is 32.1. The Morgan fingerprint density at radius 3 is 1.00 bits per heavy atom. The normalized spacial score (nSPS) is 15.6. The average molecular weight is 699 g/mol. The maximum atomic E-state index is 12.3. The van der Waals surface area contributed by atoms with Crippen LogP contribution in [0.1, 0.15) is 13.8 Å². The van der Waals surface area contributed by atoms with Gasteiger partial charge in [0.15, 0.2) is 0 Å². The molecular weight excluding hydrogens is 662 g/mol. The Kier molecular flexibility index (Phi) is 15.2. The molecule has 10 radical (unpaired) electrons. The average Bonchev–Trinajstić information content (AvgIpc) is 3.79. The topological polar surface area (TPSA) is 52.6 Å². The van der Waals surface area contributed by atoms with Gasteiger partial charge in [-0.25, -0.2) is 0 Å². The van der Waals surface area contributed by atoms with E-state index < -0.39 is 15.8 Å². The summed E-state index contributed by atoms with van der Waals surface area (Å²) in [5.41, 5.74) is 2.10. The molecule has 0 spiro atoms. The quantitative estimate of drug-likeness (QED) is 0.104. The molecule has 4 nitrogen and oxygen atoms in total. The first-order valence-corrected chi connectivity index (χ1v) is 18.0. The van der Waals surface area contributed by atoms with Crippen LogP contribution < -0.4 is 21.2 Å². The first-order valence-electron chi connectivity index (χ1n) is 15.3. The number of carbonyl (C=O) groups excluding carboxylic acids is 2. The van der Waals surface area contributed by atoms with E-state index in [0.29, 0.717) is 25.0 Å². The van der Waals surface area contributed by atoms with E-state index in [1.54, 1.807) is 0 Å². The molecule has 2 aliphatic rings. The summed E-state index contributed by atoms with van der Waals surface area (Å²) in [6, 6.07) is 41.4. The molecule has 0 bridgehead atoms. The van der Waals surface area contributed by atoms with Crippen LogP contribution in [0, 0.1) is 61.7 Å². The van der Waals surface area contributed by atoms with Crippen LogP contribution in [0.4, 0.5) is 0 Å². The molecule has 4 aromatic carbocycles. The molecule has 6 rings (SSSR count). The monoisotopic (exact) mass is 698 g/mol. The van der Waals surface area contributed by atoms with Gasteiger partial charge in [-0.3, -0.25) is 9.59 Å². The number of carbonyl (C=O) groups is 2. The molecule has 0 saturated heterocycles. The summed E-state index contributed by atoms with van der Waals surface area (Å²) in [6.07, 6.45) is 11.7. The van der Waals surface area contributed by atoms with Gasteiger partial charge < -0.3 is 9.47 Å². The van der Waals surface area contributed by atoms with Crippen LogP contribution in [0.5, 0.6) is 0 Å². The van der Waals surface area contributed by atoms with E-state index in [2.05, 4.69) is 48.5 Å². The minimum atomic E-state index is -0.774. The second kappa shape index (κ2) is 19.3. The summed E-state index contributed by atoms with van der Waals surface area (Å²) in [7, 11) is -1.55. The fraction of sp³-hybridized carbons (Fsp3) is 0.100. The molecule has 47 heavy (non-hydrogen) atoms. The van der Waals surface area contributed by atoms with Crippen molar-refractivity contribution in [1.82, 2.24) is 0 Å². The standard InChI is InChI=1S/2C20H18O2P.Fe/c2*1-2-22-20(21)18-14-9-15-19(18)23(16-10-5-3-6-11-16)17-12-7-4-8-13-17;/h2*3-15H,2H2,1H3;. The van der Waals surface area contributed by atoms with E-state index in [1.165, 1.54) is 21.2 Å². The minimum absolute atomic E-state index is 0. The van der Waals surface area contributed by atoms with E-state index in [1.807, 2.05) is 125 Å². The number of ether oxygens (including phenoxy) is 2. The van der Waals surface area contributed by atoms with Gasteiger partial charge in [-0.05, 0) is 89.4 Å². The van der Waals surface area contributed by atoms with Crippen LogP contribution >= 0.6 is 15.8 Å². The van der Waals surface area contributed by atoms with Gasteiger partial charge in [0, 0.05) is 28.4 Å². The van der Waals surface area contributed by atoms with Crippen molar-refractivity contribution in [3.8, 4) is 0 Å². The fourth-order valence-corrected chi connectivity index (χ4v) is 10.0. The van der Waals surface area contributed by atoms with Crippen molar-refractivity contribution < 1.29 is 36.1 Å². The van der Waals surface area contributed by atoms with Crippen LogP contribution in [-0.4, -0.2) is 25.2 Å². The van der Waals surface area contributed by atoms with E-state index >= 15 is 0 Å². The molecule has 2 aliphatic carbocycles. The van der Waals surface area contributed by atoms with Crippen molar-refractivity contribution in [2.75, 3.05) is 13.2 Å². The van der Waals surface area contributed by atoms with Crippen molar-refractivity contribution in [2.24, 2.45) is 0 Å². The van der Waals surface area contributed by atoms with Crippen LogP contribution in [0.2, 0.25) is 0 Å². The molecule has 2 saturated carbocycles. The van der Waals surface area contributed by atoms with E-state index in [9.17, 15) is 9.59 Å². The molecular formula is C40H36FeO4P2. The van der Waals surface area contributed by atoms with Crippen LogP contribution in [0.15, 0.2) is 121 Å². The van der Waals surface area contributed by atoms with Crippen LogP contribution in [-0.2, 0) is 36.1 Å². The second-order valence-corrected chi connectivity index (χ2v) is 14.5. The fourth-order valence-electron chi connectivity index (χ4n) is 5.14. The predicted molar refractivity (Wildman–Crippen MR) is 190 cm³/mol. The zero-order valence-corrected chi connectivity index (χ0v) is 29.2. The molecule has 2 fully saturated rings. The molecule has 0 aliphatic heterocycles. The van der Waals surface area contributed by atoms with Crippen molar-refractivity contribution in [3.63, 3.8) is 0 Å². The number of hydrogen-bond acceptors (Lipinski definition) is 4. The third kappa shape index (κ3) is 9.64. The molecule has 4 aromatic rings. The van der Waals surface area contributed by atoms with Gasteiger partial charge in [0.2, 0.25) is 0 Å². The number of benzene rings is 4. The van der Waals surface area contributed by atoms with Crippen molar-refractivity contribution >= 4 is 49.0 Å². The van der Waals surface area contributed by atoms with Gasteiger partial charge in [-0.15, -0.1) is 0 Å². The first kappa shape index (κ1) is 37.0. The maximum Gasteiger partial charge on any atom is 0.314 e. The maximum absolute atomic E-state index is 12.3. The molecule has 7 heteroatoms. The van der Waals surface area contributed by atoms with Crippen LogP contribution in [0.3, 0.4) is 0 Å². The Labute approximate surface area is 294 Å². The predicted octanol–water partition coefficient (Wildman–Crippen LogP) is 6.83. The van der Waals surface area contributed by atoms with Crippen molar-refractivity contribution in [2.45, 2.75) is 13.8 Å². The van der Waals surface area contributed by atoms with Gasteiger partial charge in [0.25, 0.3) is 0 Å². The Hall–Kier alpha value is -2.80.